The van der Waals surface area contributed by atoms with Crippen LogP contribution in [-0.2, 0) is 4.74 Å². The van der Waals surface area contributed by atoms with E-state index in [1.165, 1.54) is 0 Å². The molecule has 1 saturated heterocycles. The van der Waals surface area contributed by atoms with Gasteiger partial charge >= 0.3 is 0 Å². The smallest absolute Gasteiger partial charge is 0.161 e. The Morgan fingerprint density at radius 3 is 2.55 bits per heavy atom. The molecule has 0 amide bonds. The minimum Gasteiger partial charge on any atom is -0.367 e. The van der Waals surface area contributed by atoms with Crippen molar-refractivity contribution >= 4 is 21.6 Å². The number of aliphatic hydroxyl groups is 1. The van der Waals surface area contributed by atoms with Gasteiger partial charge in [0.1, 0.15) is 0 Å². The molecule has 11 heavy (non-hydrogen) atoms. The van der Waals surface area contributed by atoms with Crippen LogP contribution in [0, 0.1) is 5.41 Å². The summed E-state index contributed by atoms with van der Waals surface area (Å²) in [5, 5.41) is 9.56. The summed E-state index contributed by atoms with van der Waals surface area (Å²) in [7, 11) is 3.62. The Bertz CT molecular complexity index is 124. The molecule has 66 valence electrons. The van der Waals surface area contributed by atoms with Crippen LogP contribution in [0.1, 0.15) is 13.8 Å². The van der Waals surface area contributed by atoms with Gasteiger partial charge in [-0.15, -0.1) is 0 Å². The topological polar surface area (TPSA) is 29.5 Å². The first kappa shape index (κ1) is 9.71. The van der Waals surface area contributed by atoms with Crippen LogP contribution in [-0.4, -0.2) is 29.5 Å². The van der Waals surface area contributed by atoms with E-state index in [0.29, 0.717) is 6.61 Å². The van der Waals surface area contributed by atoms with Gasteiger partial charge in [-0.1, -0.05) is 28.5 Å². The van der Waals surface area contributed by atoms with E-state index in [9.17, 15) is 5.11 Å². The van der Waals surface area contributed by atoms with Crippen LogP contribution in [0.3, 0.4) is 0 Å². The summed E-state index contributed by atoms with van der Waals surface area (Å²) in [6, 6.07) is 0. The third kappa shape index (κ3) is 2.28. The van der Waals surface area contributed by atoms with Gasteiger partial charge < -0.3 is 9.84 Å². The van der Waals surface area contributed by atoms with E-state index < -0.39 is 6.29 Å². The summed E-state index contributed by atoms with van der Waals surface area (Å²) in [5.74, 6) is 1.97. The standard InChI is InChI=1S/C7H14O2S2/c1-3-9-6(8)7(2)4-10-11-5-7/h6,8H,3-5H2,1-2H3. The first-order valence-electron chi connectivity index (χ1n) is 3.73. The SMILES string of the molecule is CCOC(O)C1(C)CSSC1. The molecule has 4 heteroatoms. The second-order valence-corrected chi connectivity index (χ2v) is 5.45. The summed E-state index contributed by atoms with van der Waals surface area (Å²) in [6.45, 7) is 4.56. The molecular formula is C7H14O2S2. The molecule has 0 aliphatic carbocycles. The normalized spacial score (nSPS) is 25.4. The van der Waals surface area contributed by atoms with Crippen molar-refractivity contribution < 1.29 is 9.84 Å². The van der Waals surface area contributed by atoms with Gasteiger partial charge in [-0.3, -0.25) is 0 Å². The number of hydrogen-bond donors (Lipinski definition) is 1. The van der Waals surface area contributed by atoms with Crippen molar-refractivity contribution in [1.82, 2.24) is 0 Å². The molecule has 0 saturated carbocycles. The predicted octanol–water partition coefficient (Wildman–Crippen LogP) is 1.74. The van der Waals surface area contributed by atoms with E-state index in [0.717, 1.165) is 11.5 Å². The van der Waals surface area contributed by atoms with Gasteiger partial charge in [0, 0.05) is 23.5 Å². The Labute approximate surface area is 75.5 Å². The minimum atomic E-state index is -0.588. The maximum absolute atomic E-state index is 9.56. The maximum Gasteiger partial charge on any atom is 0.161 e. The van der Waals surface area contributed by atoms with Gasteiger partial charge in [-0.05, 0) is 6.92 Å². The van der Waals surface area contributed by atoms with Crippen LogP contribution in [0.5, 0.6) is 0 Å². The van der Waals surface area contributed by atoms with Crippen LogP contribution in [0.25, 0.3) is 0 Å². The fourth-order valence-electron chi connectivity index (χ4n) is 0.896. The molecule has 1 atom stereocenters. The van der Waals surface area contributed by atoms with Crippen molar-refractivity contribution in [3.05, 3.63) is 0 Å². The lowest BCUT2D eigenvalue weighted by molar-refractivity contribution is -0.151. The van der Waals surface area contributed by atoms with Crippen molar-refractivity contribution in [2.24, 2.45) is 5.41 Å². The lowest BCUT2D eigenvalue weighted by Gasteiger charge is -2.27. The van der Waals surface area contributed by atoms with Crippen molar-refractivity contribution in [3.63, 3.8) is 0 Å². The Hall–Kier alpha value is 0.620. The van der Waals surface area contributed by atoms with E-state index in [1.807, 2.05) is 28.5 Å². The summed E-state index contributed by atoms with van der Waals surface area (Å²) in [6.07, 6.45) is -0.588. The van der Waals surface area contributed by atoms with Crippen LogP contribution in [0.2, 0.25) is 0 Å². The van der Waals surface area contributed by atoms with Crippen LogP contribution >= 0.6 is 21.6 Å². The summed E-state index contributed by atoms with van der Waals surface area (Å²) in [4.78, 5) is 0. The highest BCUT2D eigenvalue weighted by Gasteiger charge is 2.37. The molecule has 0 aromatic carbocycles. The maximum atomic E-state index is 9.56. The Morgan fingerprint density at radius 1 is 1.55 bits per heavy atom. The molecule has 2 nitrogen and oxygen atoms in total. The molecule has 0 spiro atoms. The average molecular weight is 194 g/mol. The summed E-state index contributed by atoms with van der Waals surface area (Å²) < 4.78 is 5.16. The van der Waals surface area contributed by atoms with Gasteiger partial charge in [0.15, 0.2) is 6.29 Å². The second-order valence-electron chi connectivity index (χ2n) is 2.99. The number of ether oxygens (including phenoxy) is 1. The molecule has 1 heterocycles. The molecule has 1 unspecified atom stereocenters. The van der Waals surface area contributed by atoms with E-state index >= 15 is 0 Å². The van der Waals surface area contributed by atoms with Gasteiger partial charge in [0.05, 0.1) is 0 Å². The molecule has 1 aliphatic rings. The predicted molar refractivity (Wildman–Crippen MR) is 50.7 cm³/mol. The van der Waals surface area contributed by atoms with Crippen LogP contribution in [0.15, 0.2) is 0 Å². The monoisotopic (exact) mass is 194 g/mol. The highest BCUT2D eigenvalue weighted by atomic mass is 33.1. The summed E-state index contributed by atoms with van der Waals surface area (Å²) in [5.41, 5.74) is -0.0364. The third-order valence-corrected chi connectivity index (χ3v) is 4.71. The number of rotatable bonds is 3. The quantitative estimate of drug-likeness (QED) is 0.547. The Kier molecular flexibility index (Phi) is 3.55. The Morgan fingerprint density at radius 2 is 2.09 bits per heavy atom. The van der Waals surface area contributed by atoms with Crippen LogP contribution in [0.4, 0.5) is 0 Å². The zero-order valence-corrected chi connectivity index (χ0v) is 8.50. The van der Waals surface area contributed by atoms with Crippen molar-refractivity contribution in [1.29, 1.82) is 0 Å². The van der Waals surface area contributed by atoms with Gasteiger partial charge in [0.25, 0.3) is 0 Å². The first-order chi connectivity index (χ1) is 5.19. The zero-order valence-electron chi connectivity index (χ0n) is 6.87. The highest BCUT2D eigenvalue weighted by molar-refractivity contribution is 8.77. The van der Waals surface area contributed by atoms with E-state index in [2.05, 4.69) is 6.92 Å². The minimum absolute atomic E-state index is 0.0364. The van der Waals surface area contributed by atoms with Gasteiger partial charge in [-0.2, -0.15) is 0 Å². The number of aliphatic hydroxyl groups excluding tert-OH is 1. The molecule has 1 rings (SSSR count). The van der Waals surface area contributed by atoms with Crippen LogP contribution < -0.4 is 0 Å². The highest BCUT2D eigenvalue weighted by Crippen LogP contribution is 2.45. The Balaban J connectivity index is 2.42. The number of hydrogen-bond acceptors (Lipinski definition) is 4. The van der Waals surface area contributed by atoms with Crippen molar-refractivity contribution in [2.75, 3.05) is 18.1 Å². The summed E-state index contributed by atoms with van der Waals surface area (Å²) >= 11 is 0. The van der Waals surface area contributed by atoms with Gasteiger partial charge in [0.2, 0.25) is 0 Å². The largest absolute Gasteiger partial charge is 0.367 e. The van der Waals surface area contributed by atoms with Crippen molar-refractivity contribution in [3.8, 4) is 0 Å². The van der Waals surface area contributed by atoms with E-state index in [-0.39, 0.29) is 5.41 Å². The molecule has 0 bridgehead atoms. The molecule has 1 N–H and O–H groups in total. The third-order valence-electron chi connectivity index (χ3n) is 1.78. The lowest BCUT2D eigenvalue weighted by atomic mass is 9.95. The lowest BCUT2D eigenvalue weighted by Crippen LogP contribution is -2.36. The molecule has 0 aromatic rings. The van der Waals surface area contributed by atoms with E-state index in [4.69, 9.17) is 4.74 Å². The molecular weight excluding hydrogens is 180 g/mol. The van der Waals surface area contributed by atoms with Crippen molar-refractivity contribution in [2.45, 2.75) is 20.1 Å². The average Bonchev–Trinajstić information content (AvgIpc) is 2.38. The zero-order chi connectivity index (χ0) is 8.32. The van der Waals surface area contributed by atoms with E-state index in [1.54, 1.807) is 0 Å². The first-order valence-corrected chi connectivity index (χ1v) is 6.22. The second kappa shape index (κ2) is 4.03. The molecule has 1 aliphatic heterocycles. The van der Waals surface area contributed by atoms with Gasteiger partial charge in [-0.25, -0.2) is 0 Å². The molecule has 0 aromatic heterocycles. The fourth-order valence-corrected chi connectivity index (χ4v) is 4.33. The molecule has 1 fully saturated rings. The molecule has 0 radical (unpaired) electrons. The fraction of sp³-hybridized carbons (Fsp3) is 1.00.